The maximum absolute atomic E-state index is 12.2. The molecule has 0 aliphatic heterocycles. The molecule has 0 aromatic rings. The summed E-state index contributed by atoms with van der Waals surface area (Å²) in [5.74, 6) is 0.971. The van der Waals surface area contributed by atoms with Crippen LogP contribution in [0.2, 0.25) is 0 Å². The summed E-state index contributed by atoms with van der Waals surface area (Å²) in [6.07, 6.45) is 4.11. The van der Waals surface area contributed by atoms with Crippen molar-refractivity contribution < 1.29 is 10.0 Å². The smallest absolute Gasteiger partial charge is 0.225 e. The van der Waals surface area contributed by atoms with Gasteiger partial charge in [-0.05, 0) is 37.0 Å². The molecule has 0 saturated heterocycles. The van der Waals surface area contributed by atoms with E-state index >= 15 is 0 Å². The first-order chi connectivity index (χ1) is 8.75. The van der Waals surface area contributed by atoms with Gasteiger partial charge in [-0.2, -0.15) is 0 Å². The van der Waals surface area contributed by atoms with E-state index in [2.05, 4.69) is 25.9 Å². The molecular formula is C14H27N3O2. The van der Waals surface area contributed by atoms with Gasteiger partial charge in [0.15, 0.2) is 5.84 Å². The molecule has 0 spiro atoms. The topological polar surface area (TPSA) is 78.9 Å². The van der Waals surface area contributed by atoms with Crippen LogP contribution in [0, 0.1) is 17.3 Å². The van der Waals surface area contributed by atoms with Gasteiger partial charge in [-0.1, -0.05) is 25.9 Å². The average molecular weight is 269 g/mol. The van der Waals surface area contributed by atoms with Crippen molar-refractivity contribution in [1.82, 2.24) is 4.90 Å². The van der Waals surface area contributed by atoms with Crippen LogP contribution in [0.1, 0.15) is 46.5 Å². The zero-order valence-corrected chi connectivity index (χ0v) is 12.5. The van der Waals surface area contributed by atoms with Gasteiger partial charge in [0, 0.05) is 13.0 Å². The fraction of sp³-hybridized carbons (Fsp3) is 0.857. The van der Waals surface area contributed by atoms with Crippen molar-refractivity contribution in [2.75, 3.05) is 13.6 Å². The molecule has 0 aromatic carbocycles. The van der Waals surface area contributed by atoms with Crippen LogP contribution in [-0.2, 0) is 4.79 Å². The normalized spacial score (nSPS) is 25.2. The van der Waals surface area contributed by atoms with Crippen LogP contribution in [0.4, 0.5) is 0 Å². The molecule has 0 bridgehead atoms. The van der Waals surface area contributed by atoms with E-state index in [1.165, 1.54) is 0 Å². The van der Waals surface area contributed by atoms with Gasteiger partial charge in [0.05, 0.1) is 6.54 Å². The summed E-state index contributed by atoms with van der Waals surface area (Å²) in [7, 11) is 1.70. The molecule has 19 heavy (non-hydrogen) atoms. The van der Waals surface area contributed by atoms with Crippen molar-refractivity contribution in [3.05, 3.63) is 0 Å². The van der Waals surface area contributed by atoms with Gasteiger partial charge < -0.3 is 15.8 Å². The highest BCUT2D eigenvalue weighted by atomic mass is 16.4. The number of nitrogens with zero attached hydrogens (tertiary/aromatic N) is 2. The summed E-state index contributed by atoms with van der Waals surface area (Å²) in [5, 5.41) is 11.4. The Kier molecular flexibility index (Phi) is 5.20. The highest BCUT2D eigenvalue weighted by Gasteiger charge is 2.33. The molecule has 5 nitrogen and oxygen atoms in total. The number of carbonyl (C=O) groups is 1. The van der Waals surface area contributed by atoms with Gasteiger partial charge >= 0.3 is 0 Å². The Balaban J connectivity index is 2.49. The molecule has 1 rings (SSSR count). The Morgan fingerprint density at radius 1 is 1.32 bits per heavy atom. The summed E-state index contributed by atoms with van der Waals surface area (Å²) < 4.78 is 0. The van der Waals surface area contributed by atoms with Crippen molar-refractivity contribution in [3.63, 3.8) is 0 Å². The molecular weight excluding hydrogens is 242 g/mol. The first kappa shape index (κ1) is 15.8. The summed E-state index contributed by atoms with van der Waals surface area (Å²) in [5.41, 5.74) is 5.75. The average Bonchev–Trinajstić information content (AvgIpc) is 2.36. The molecule has 5 heteroatoms. The van der Waals surface area contributed by atoms with Gasteiger partial charge in [0.25, 0.3) is 0 Å². The minimum Gasteiger partial charge on any atom is -0.409 e. The van der Waals surface area contributed by atoms with Crippen LogP contribution in [-0.4, -0.2) is 35.4 Å². The molecule has 0 unspecified atom stereocenters. The van der Waals surface area contributed by atoms with Crippen LogP contribution in [0.3, 0.4) is 0 Å². The second-order valence-corrected chi connectivity index (χ2v) is 6.70. The first-order valence-electron chi connectivity index (χ1n) is 6.97. The Morgan fingerprint density at radius 2 is 1.84 bits per heavy atom. The third-order valence-corrected chi connectivity index (χ3v) is 4.21. The molecule has 1 saturated carbocycles. The van der Waals surface area contributed by atoms with Crippen LogP contribution in [0.15, 0.2) is 5.16 Å². The molecule has 3 N–H and O–H groups in total. The third kappa shape index (κ3) is 4.40. The maximum Gasteiger partial charge on any atom is 0.225 e. The summed E-state index contributed by atoms with van der Waals surface area (Å²) in [6, 6.07) is 0. The largest absolute Gasteiger partial charge is 0.409 e. The van der Waals surface area contributed by atoms with E-state index in [4.69, 9.17) is 10.9 Å². The summed E-state index contributed by atoms with van der Waals surface area (Å²) in [6.45, 7) is 6.99. The van der Waals surface area contributed by atoms with Gasteiger partial charge in [0.1, 0.15) is 0 Å². The molecule has 1 amide bonds. The zero-order valence-electron chi connectivity index (χ0n) is 12.5. The first-order valence-corrected chi connectivity index (χ1v) is 6.97. The number of nitrogens with two attached hydrogens (primary N) is 1. The van der Waals surface area contributed by atoms with E-state index in [1.54, 1.807) is 11.9 Å². The van der Waals surface area contributed by atoms with Crippen molar-refractivity contribution in [1.29, 1.82) is 0 Å². The Morgan fingerprint density at radius 3 is 2.26 bits per heavy atom. The molecule has 0 aromatic heterocycles. The molecule has 0 radical (unpaired) electrons. The fourth-order valence-corrected chi connectivity index (χ4v) is 2.87. The maximum atomic E-state index is 12.2. The van der Waals surface area contributed by atoms with Gasteiger partial charge in [0.2, 0.25) is 5.91 Å². The van der Waals surface area contributed by atoms with E-state index in [1.807, 2.05) is 0 Å². The molecule has 110 valence electrons. The van der Waals surface area contributed by atoms with E-state index < -0.39 is 0 Å². The minimum atomic E-state index is 0.0687. The predicted molar refractivity (Wildman–Crippen MR) is 75.9 cm³/mol. The van der Waals surface area contributed by atoms with Crippen LogP contribution in [0.5, 0.6) is 0 Å². The van der Waals surface area contributed by atoms with Crippen LogP contribution < -0.4 is 5.73 Å². The summed E-state index contributed by atoms with van der Waals surface area (Å²) >= 11 is 0. The Hall–Kier alpha value is -1.26. The second kappa shape index (κ2) is 6.26. The number of rotatable bonds is 3. The monoisotopic (exact) mass is 269 g/mol. The zero-order chi connectivity index (χ0) is 14.6. The van der Waals surface area contributed by atoms with Crippen molar-refractivity contribution in [2.24, 2.45) is 28.1 Å². The molecule has 1 aliphatic rings. The molecule has 1 aliphatic carbocycles. The quantitative estimate of drug-likeness (QED) is 0.356. The van der Waals surface area contributed by atoms with E-state index in [0.717, 1.165) is 25.7 Å². The van der Waals surface area contributed by atoms with Gasteiger partial charge in [-0.15, -0.1) is 0 Å². The number of hydrogen-bond donors (Lipinski definition) is 2. The fourth-order valence-electron chi connectivity index (χ4n) is 2.87. The van der Waals surface area contributed by atoms with E-state index in [-0.39, 0.29) is 24.2 Å². The molecule has 1 fully saturated rings. The number of oxime groups is 1. The highest BCUT2D eigenvalue weighted by molar-refractivity contribution is 5.87. The SMILES string of the molecule is CN(CC(N)=NO)C(=O)C1CCC(C(C)(C)C)CC1. The second-order valence-electron chi connectivity index (χ2n) is 6.70. The van der Waals surface area contributed by atoms with Crippen molar-refractivity contribution in [2.45, 2.75) is 46.5 Å². The number of amidine groups is 1. The standard InChI is InChI=1S/C14H27N3O2/c1-14(2,3)11-7-5-10(6-8-11)13(18)17(4)9-12(15)16-19/h10-11,19H,5-9H2,1-4H3,(H2,15,16). The third-order valence-electron chi connectivity index (χ3n) is 4.21. The van der Waals surface area contributed by atoms with Crippen molar-refractivity contribution >= 4 is 11.7 Å². The van der Waals surface area contributed by atoms with E-state index in [9.17, 15) is 4.79 Å². The lowest BCUT2D eigenvalue weighted by molar-refractivity contribution is -0.135. The Labute approximate surface area is 115 Å². The van der Waals surface area contributed by atoms with Crippen molar-refractivity contribution in [3.8, 4) is 0 Å². The minimum absolute atomic E-state index is 0.0687. The lowest BCUT2D eigenvalue weighted by atomic mass is 9.69. The lowest BCUT2D eigenvalue weighted by Crippen LogP contribution is -2.40. The Bertz CT molecular complexity index is 339. The number of carbonyl (C=O) groups excluding carboxylic acids is 1. The van der Waals surface area contributed by atoms with Crippen LogP contribution in [0.25, 0.3) is 0 Å². The van der Waals surface area contributed by atoms with Gasteiger partial charge in [-0.25, -0.2) is 0 Å². The molecule has 0 atom stereocenters. The van der Waals surface area contributed by atoms with E-state index in [0.29, 0.717) is 11.3 Å². The molecule has 0 heterocycles. The van der Waals surface area contributed by atoms with Gasteiger partial charge in [-0.3, -0.25) is 4.79 Å². The summed E-state index contributed by atoms with van der Waals surface area (Å²) in [4.78, 5) is 13.8. The number of hydrogen-bond acceptors (Lipinski definition) is 3. The van der Waals surface area contributed by atoms with Crippen LogP contribution >= 0.6 is 0 Å². The lowest BCUT2D eigenvalue weighted by Gasteiger charge is -2.37. The number of amides is 1. The predicted octanol–water partition coefficient (Wildman–Crippen LogP) is 2.04. The highest BCUT2D eigenvalue weighted by Crippen LogP contribution is 2.40. The number of likely N-dealkylation sites (N-methyl/N-ethyl adjacent to an activating group) is 1.